The zero-order valence-corrected chi connectivity index (χ0v) is 19.1. The number of aromatic nitrogens is 3. The van der Waals surface area contributed by atoms with Crippen LogP contribution in [0.1, 0.15) is 18.4 Å². The van der Waals surface area contributed by atoms with Crippen molar-refractivity contribution in [2.75, 3.05) is 6.61 Å². The summed E-state index contributed by atoms with van der Waals surface area (Å²) in [6.07, 6.45) is 3.28. The molecule has 0 amide bonds. The predicted octanol–water partition coefficient (Wildman–Crippen LogP) is 5.47. The van der Waals surface area contributed by atoms with Gasteiger partial charge in [0, 0.05) is 25.3 Å². The van der Waals surface area contributed by atoms with Gasteiger partial charge >= 0.3 is 0 Å². The number of nitrogens with one attached hydrogen (secondary N) is 1. The van der Waals surface area contributed by atoms with Crippen LogP contribution < -0.4 is 5.49 Å². The zero-order valence-electron chi connectivity index (χ0n) is 19.1. The SMILES string of the molecule is N=c1c2c(-c3ccccc3)c(-c3ccccc3)n(Cc3ccccc3)c2ncn1CCCCO. The molecule has 5 heteroatoms. The van der Waals surface area contributed by atoms with Gasteiger partial charge in [0.25, 0.3) is 0 Å². The number of nitrogens with zero attached hydrogens (tertiary/aromatic N) is 3. The second kappa shape index (κ2) is 9.89. The second-order valence-electron chi connectivity index (χ2n) is 8.44. The van der Waals surface area contributed by atoms with Gasteiger partial charge in [0.2, 0.25) is 0 Å². The quantitative estimate of drug-likeness (QED) is 0.309. The van der Waals surface area contributed by atoms with Crippen molar-refractivity contribution >= 4 is 11.0 Å². The van der Waals surface area contributed by atoms with E-state index >= 15 is 0 Å². The van der Waals surface area contributed by atoms with Gasteiger partial charge in [0.1, 0.15) is 11.1 Å². The molecule has 5 aromatic rings. The predicted molar refractivity (Wildman–Crippen MR) is 136 cm³/mol. The van der Waals surface area contributed by atoms with Gasteiger partial charge in [-0.15, -0.1) is 0 Å². The third-order valence-corrected chi connectivity index (χ3v) is 6.18. The lowest BCUT2D eigenvalue weighted by atomic mass is 9.99. The minimum Gasteiger partial charge on any atom is -0.396 e. The Morgan fingerprint density at radius 1 is 0.765 bits per heavy atom. The van der Waals surface area contributed by atoms with Crippen LogP contribution in [-0.4, -0.2) is 25.8 Å². The van der Waals surface area contributed by atoms with Gasteiger partial charge < -0.3 is 14.2 Å². The normalized spacial score (nSPS) is 11.2. The second-order valence-corrected chi connectivity index (χ2v) is 8.44. The summed E-state index contributed by atoms with van der Waals surface area (Å²) in [6.45, 7) is 1.47. The van der Waals surface area contributed by atoms with Crippen LogP contribution in [0.5, 0.6) is 0 Å². The number of hydrogen-bond acceptors (Lipinski definition) is 3. The number of benzene rings is 3. The van der Waals surface area contributed by atoms with Crippen molar-refractivity contribution < 1.29 is 5.11 Å². The molecule has 0 radical (unpaired) electrons. The highest BCUT2D eigenvalue weighted by molar-refractivity contribution is 6.02. The first-order valence-electron chi connectivity index (χ1n) is 11.7. The molecule has 2 aromatic heterocycles. The number of fused-ring (bicyclic) bond motifs is 1. The van der Waals surface area contributed by atoms with Crippen molar-refractivity contribution in [3.8, 4) is 22.4 Å². The maximum atomic E-state index is 9.21. The molecule has 0 unspecified atom stereocenters. The minimum atomic E-state index is 0.157. The Morgan fingerprint density at radius 2 is 1.38 bits per heavy atom. The molecule has 0 bridgehead atoms. The smallest absolute Gasteiger partial charge is 0.146 e. The van der Waals surface area contributed by atoms with Gasteiger partial charge in [-0.25, -0.2) is 4.98 Å². The molecule has 0 saturated heterocycles. The fourth-order valence-corrected chi connectivity index (χ4v) is 4.56. The summed E-state index contributed by atoms with van der Waals surface area (Å²) < 4.78 is 4.14. The molecule has 0 atom stereocenters. The first-order chi connectivity index (χ1) is 16.8. The average molecular weight is 449 g/mol. The first-order valence-corrected chi connectivity index (χ1v) is 11.7. The van der Waals surface area contributed by atoms with Gasteiger partial charge in [0.05, 0.1) is 17.4 Å². The molecule has 170 valence electrons. The molecule has 0 aliphatic heterocycles. The number of aliphatic hydroxyl groups excluding tert-OH is 1. The van der Waals surface area contributed by atoms with E-state index in [1.807, 2.05) is 34.9 Å². The molecule has 0 spiro atoms. The van der Waals surface area contributed by atoms with Crippen LogP contribution in [0, 0.1) is 5.41 Å². The molecule has 0 aliphatic rings. The summed E-state index contributed by atoms with van der Waals surface area (Å²) >= 11 is 0. The Hall–Kier alpha value is -3.96. The van der Waals surface area contributed by atoms with E-state index in [9.17, 15) is 5.11 Å². The lowest BCUT2D eigenvalue weighted by Gasteiger charge is -2.13. The summed E-state index contributed by atoms with van der Waals surface area (Å²) in [5, 5.41) is 19.2. The summed E-state index contributed by atoms with van der Waals surface area (Å²) in [4.78, 5) is 4.89. The van der Waals surface area contributed by atoms with E-state index in [2.05, 4.69) is 65.2 Å². The van der Waals surface area contributed by atoms with Crippen molar-refractivity contribution in [3.05, 3.63) is 108 Å². The number of aryl methyl sites for hydroxylation is 1. The number of unbranched alkanes of at least 4 members (excludes halogenated alkanes) is 1. The van der Waals surface area contributed by atoms with Crippen LogP contribution in [-0.2, 0) is 13.1 Å². The molecule has 0 fully saturated rings. The molecule has 2 heterocycles. The molecule has 5 nitrogen and oxygen atoms in total. The van der Waals surface area contributed by atoms with E-state index in [4.69, 9.17) is 10.4 Å². The van der Waals surface area contributed by atoms with Crippen molar-refractivity contribution in [1.29, 1.82) is 5.41 Å². The lowest BCUT2D eigenvalue weighted by molar-refractivity contribution is 0.280. The van der Waals surface area contributed by atoms with E-state index in [0.29, 0.717) is 25.0 Å². The van der Waals surface area contributed by atoms with Crippen LogP contribution in [0.3, 0.4) is 0 Å². The Bertz CT molecular complexity index is 1440. The molecule has 3 aromatic carbocycles. The minimum absolute atomic E-state index is 0.157. The average Bonchev–Trinajstić information content (AvgIpc) is 3.22. The molecular formula is C29H28N4O. The molecular weight excluding hydrogens is 420 g/mol. The summed E-state index contributed by atoms with van der Waals surface area (Å²) in [5.41, 5.74) is 6.72. The number of aliphatic hydroxyl groups is 1. The summed E-state index contributed by atoms with van der Waals surface area (Å²) in [6, 6.07) is 31.1. The highest BCUT2D eigenvalue weighted by Crippen LogP contribution is 2.39. The van der Waals surface area contributed by atoms with Gasteiger partial charge in [-0.3, -0.25) is 5.41 Å². The van der Waals surface area contributed by atoms with Gasteiger partial charge in [0.15, 0.2) is 0 Å². The summed E-state index contributed by atoms with van der Waals surface area (Å²) in [5.74, 6) is 0. The Kier molecular flexibility index (Phi) is 6.36. The van der Waals surface area contributed by atoms with Crippen LogP contribution in [0.2, 0.25) is 0 Å². The fraction of sp³-hybridized carbons (Fsp3) is 0.172. The highest BCUT2D eigenvalue weighted by Gasteiger charge is 2.23. The van der Waals surface area contributed by atoms with E-state index in [1.165, 1.54) is 5.56 Å². The van der Waals surface area contributed by atoms with E-state index in [1.54, 1.807) is 6.33 Å². The van der Waals surface area contributed by atoms with Crippen molar-refractivity contribution in [2.45, 2.75) is 25.9 Å². The number of hydrogen-bond donors (Lipinski definition) is 2. The Balaban J connectivity index is 1.83. The topological polar surface area (TPSA) is 66.8 Å². The van der Waals surface area contributed by atoms with Crippen molar-refractivity contribution in [1.82, 2.24) is 14.1 Å². The largest absolute Gasteiger partial charge is 0.396 e. The Morgan fingerprint density at radius 3 is 2.03 bits per heavy atom. The maximum Gasteiger partial charge on any atom is 0.146 e. The van der Waals surface area contributed by atoms with Crippen LogP contribution in [0.4, 0.5) is 0 Å². The van der Waals surface area contributed by atoms with Crippen molar-refractivity contribution in [3.63, 3.8) is 0 Å². The molecule has 0 aliphatic carbocycles. The monoisotopic (exact) mass is 448 g/mol. The third-order valence-electron chi connectivity index (χ3n) is 6.18. The Labute approximate surface area is 199 Å². The van der Waals surface area contributed by atoms with E-state index in [-0.39, 0.29) is 6.61 Å². The standard InChI is InChI=1S/C29H28N4O/c30-28-26-25(23-14-6-2-7-15-23)27(24-16-8-3-9-17-24)33(20-22-12-4-1-5-13-22)29(26)31-21-32(28)18-10-11-19-34/h1-9,12-17,21,30,34H,10-11,18-20H2. The first kappa shape index (κ1) is 21.9. The molecule has 0 saturated carbocycles. The maximum absolute atomic E-state index is 9.21. The van der Waals surface area contributed by atoms with Crippen molar-refractivity contribution in [2.24, 2.45) is 0 Å². The summed E-state index contributed by atoms with van der Waals surface area (Å²) in [7, 11) is 0. The molecule has 5 rings (SSSR count). The van der Waals surface area contributed by atoms with Gasteiger partial charge in [-0.1, -0.05) is 91.0 Å². The number of rotatable bonds is 8. The van der Waals surface area contributed by atoms with E-state index in [0.717, 1.165) is 39.8 Å². The van der Waals surface area contributed by atoms with Gasteiger partial charge in [-0.05, 0) is 29.5 Å². The van der Waals surface area contributed by atoms with Crippen LogP contribution in [0.15, 0.2) is 97.3 Å². The molecule has 34 heavy (non-hydrogen) atoms. The third kappa shape index (κ3) is 4.18. The fourth-order valence-electron chi connectivity index (χ4n) is 4.56. The lowest BCUT2D eigenvalue weighted by Crippen LogP contribution is -2.21. The van der Waals surface area contributed by atoms with Crippen LogP contribution >= 0.6 is 0 Å². The highest BCUT2D eigenvalue weighted by atomic mass is 16.2. The van der Waals surface area contributed by atoms with Gasteiger partial charge in [-0.2, -0.15) is 0 Å². The van der Waals surface area contributed by atoms with Crippen LogP contribution in [0.25, 0.3) is 33.4 Å². The molecule has 2 N–H and O–H groups in total. The zero-order chi connectivity index (χ0) is 23.3. The van der Waals surface area contributed by atoms with E-state index < -0.39 is 0 Å².